The lowest BCUT2D eigenvalue weighted by molar-refractivity contribution is -0.137. The second-order valence-corrected chi connectivity index (χ2v) is 7.73. The highest BCUT2D eigenvalue weighted by Crippen LogP contribution is 2.21. The molecule has 1 unspecified atom stereocenters. The number of alkyl halides is 2. The second-order valence-electron chi connectivity index (χ2n) is 7.73. The lowest BCUT2D eigenvalue weighted by Crippen LogP contribution is -2.68. The molecule has 4 amide bonds. The molecular weight excluding hydrogens is 462 g/mol. The fourth-order valence-corrected chi connectivity index (χ4v) is 3.09. The van der Waals surface area contributed by atoms with E-state index in [4.69, 9.17) is 5.21 Å². The van der Waals surface area contributed by atoms with Crippen molar-refractivity contribution in [3.63, 3.8) is 0 Å². The summed E-state index contributed by atoms with van der Waals surface area (Å²) in [6.45, 7) is 3.26. The van der Waals surface area contributed by atoms with Crippen LogP contribution in [0.15, 0.2) is 48.5 Å². The van der Waals surface area contributed by atoms with Crippen molar-refractivity contribution in [2.45, 2.75) is 38.8 Å². The number of anilines is 1. The number of hydrogen-bond acceptors (Lipinski definition) is 5. The summed E-state index contributed by atoms with van der Waals surface area (Å²) in [5.74, 6) is 2.57. The minimum absolute atomic E-state index is 0.0328. The van der Waals surface area contributed by atoms with Gasteiger partial charge in [0.05, 0.1) is 0 Å². The Kier molecular flexibility index (Phi) is 9.02. The molecule has 2 aromatic rings. The van der Waals surface area contributed by atoms with Gasteiger partial charge in [-0.15, -0.1) is 0 Å². The van der Waals surface area contributed by atoms with Gasteiger partial charge in [0.15, 0.2) is 0 Å². The average molecular weight is 486 g/mol. The van der Waals surface area contributed by atoms with Crippen molar-refractivity contribution in [2.75, 3.05) is 5.32 Å². The normalized spacial score (nSPS) is 12.9. The van der Waals surface area contributed by atoms with Gasteiger partial charge < -0.3 is 16.0 Å². The zero-order valence-electron chi connectivity index (χ0n) is 19.1. The van der Waals surface area contributed by atoms with Gasteiger partial charge in [-0.25, -0.2) is 14.3 Å². The van der Waals surface area contributed by atoms with Gasteiger partial charge in [0.1, 0.15) is 11.6 Å². The largest absolute Gasteiger partial charge is 0.343 e. The molecule has 0 saturated carbocycles. The number of hydrogen-bond donors (Lipinski definition) is 5. The lowest BCUT2D eigenvalue weighted by Gasteiger charge is -2.36. The van der Waals surface area contributed by atoms with Crippen LogP contribution in [-0.4, -0.2) is 46.8 Å². The molecule has 0 heterocycles. The Hall–Kier alpha value is -4.30. The van der Waals surface area contributed by atoms with E-state index in [0.29, 0.717) is 16.8 Å². The van der Waals surface area contributed by atoms with Crippen LogP contribution in [0.4, 0.5) is 14.5 Å². The van der Waals surface area contributed by atoms with Crippen molar-refractivity contribution in [3.8, 4) is 11.8 Å². The molecule has 0 radical (unpaired) electrons. The Labute approximate surface area is 200 Å². The van der Waals surface area contributed by atoms with Crippen molar-refractivity contribution in [1.82, 2.24) is 16.1 Å². The summed E-state index contributed by atoms with van der Waals surface area (Å²) in [5, 5.41) is 15.7. The van der Waals surface area contributed by atoms with E-state index in [1.807, 2.05) is 5.32 Å². The highest BCUT2D eigenvalue weighted by Gasteiger charge is 2.48. The molecule has 2 aromatic carbocycles. The number of nitrogens with one attached hydrogen (secondary N) is 4. The summed E-state index contributed by atoms with van der Waals surface area (Å²) in [7, 11) is 0. The Balaban J connectivity index is 2.18. The Morgan fingerprint density at radius 2 is 1.40 bits per heavy atom. The van der Waals surface area contributed by atoms with Gasteiger partial charge >= 0.3 is 0 Å². The van der Waals surface area contributed by atoms with Gasteiger partial charge in [0.25, 0.3) is 18.2 Å². The van der Waals surface area contributed by atoms with Crippen molar-refractivity contribution >= 4 is 29.3 Å². The molecule has 0 bridgehead atoms. The molecule has 0 spiro atoms. The summed E-state index contributed by atoms with van der Waals surface area (Å²) < 4.78 is 27.5. The van der Waals surface area contributed by atoms with Crippen LogP contribution in [-0.2, 0) is 14.4 Å². The first-order valence-electron chi connectivity index (χ1n) is 10.3. The minimum Gasteiger partial charge on any atom is -0.343 e. The average Bonchev–Trinajstić information content (AvgIpc) is 2.80. The maximum Gasteiger partial charge on any atom is 0.268 e. The highest BCUT2D eigenvalue weighted by atomic mass is 19.3. The molecule has 0 aliphatic heterocycles. The lowest BCUT2D eigenvalue weighted by atomic mass is 9.91. The molecule has 0 aliphatic carbocycles. The Morgan fingerprint density at radius 3 is 1.83 bits per heavy atom. The van der Waals surface area contributed by atoms with Gasteiger partial charge in [-0.2, -0.15) is 0 Å². The monoisotopic (exact) mass is 486 g/mol. The van der Waals surface area contributed by atoms with Crippen molar-refractivity contribution in [2.24, 2.45) is 0 Å². The predicted molar refractivity (Wildman–Crippen MR) is 123 cm³/mol. The first-order valence-corrected chi connectivity index (χ1v) is 10.3. The molecule has 0 aliphatic rings. The summed E-state index contributed by atoms with van der Waals surface area (Å²) in [6.07, 6.45) is -3.25. The van der Waals surface area contributed by atoms with E-state index in [1.54, 1.807) is 24.3 Å². The van der Waals surface area contributed by atoms with Gasteiger partial charge in [-0.3, -0.25) is 24.4 Å². The zero-order valence-corrected chi connectivity index (χ0v) is 19.1. The van der Waals surface area contributed by atoms with Gasteiger partial charge in [0, 0.05) is 36.2 Å². The fraction of sp³-hybridized carbons (Fsp3) is 0.250. The number of carbonyl (C=O) groups is 4. The van der Waals surface area contributed by atoms with Crippen LogP contribution < -0.4 is 21.4 Å². The number of rotatable bonds is 7. The topological polar surface area (TPSA) is 137 Å². The molecule has 0 aromatic heterocycles. The van der Waals surface area contributed by atoms with E-state index in [1.165, 1.54) is 36.7 Å². The fourth-order valence-electron chi connectivity index (χ4n) is 3.09. The smallest absolute Gasteiger partial charge is 0.268 e. The molecule has 5 N–H and O–H groups in total. The standard InChI is InChI=1S/C24H24F2N4O5/c1-14(31)27-19-12-8-17(9-13-19)5-4-16-6-10-18(11-7-16)21(33)28-20(22(34)30-35)24(3,23(25)26)29-15(2)32/h6-13,20,23,35H,1-3H3,(H,27,31)(H,28,33)(H,29,32)(H,30,34)/t20-,24?/m1/s1. The van der Waals surface area contributed by atoms with E-state index >= 15 is 0 Å². The molecule has 0 fully saturated rings. The first kappa shape index (κ1) is 26.9. The predicted octanol–water partition coefficient (Wildman–Crippen LogP) is 1.81. The highest BCUT2D eigenvalue weighted by molar-refractivity contribution is 5.98. The third kappa shape index (κ3) is 7.35. The molecule has 2 rings (SSSR count). The van der Waals surface area contributed by atoms with Crippen LogP contribution in [0.1, 0.15) is 42.3 Å². The van der Waals surface area contributed by atoms with Crippen LogP contribution in [0.3, 0.4) is 0 Å². The second kappa shape index (κ2) is 11.7. The third-order valence-corrected chi connectivity index (χ3v) is 4.85. The van der Waals surface area contributed by atoms with Crippen molar-refractivity contribution in [1.29, 1.82) is 0 Å². The van der Waals surface area contributed by atoms with Crippen molar-refractivity contribution < 1.29 is 33.2 Å². The van der Waals surface area contributed by atoms with Crippen molar-refractivity contribution in [3.05, 3.63) is 65.2 Å². The molecule has 0 saturated heterocycles. The maximum atomic E-state index is 13.7. The molecule has 184 valence electrons. The Morgan fingerprint density at radius 1 is 0.886 bits per heavy atom. The first-order chi connectivity index (χ1) is 16.5. The van der Waals surface area contributed by atoms with Crippen LogP contribution in [0, 0.1) is 11.8 Å². The SMILES string of the molecule is CC(=O)Nc1ccc(C#Cc2ccc(C(=O)N[C@H](C(=O)NO)C(C)(NC(C)=O)C(F)F)cc2)cc1. The summed E-state index contributed by atoms with van der Waals surface area (Å²) in [6, 6.07) is 10.7. The summed E-state index contributed by atoms with van der Waals surface area (Å²) in [5.41, 5.74) is 0.639. The molecule has 35 heavy (non-hydrogen) atoms. The molecule has 11 heteroatoms. The third-order valence-electron chi connectivity index (χ3n) is 4.85. The van der Waals surface area contributed by atoms with Crippen LogP contribution >= 0.6 is 0 Å². The minimum atomic E-state index is -3.25. The quantitative estimate of drug-likeness (QED) is 0.231. The summed E-state index contributed by atoms with van der Waals surface area (Å²) in [4.78, 5) is 47.2. The van der Waals surface area contributed by atoms with E-state index in [9.17, 15) is 28.0 Å². The van der Waals surface area contributed by atoms with Crippen LogP contribution in [0.5, 0.6) is 0 Å². The number of amides is 4. The van der Waals surface area contributed by atoms with E-state index < -0.39 is 35.7 Å². The van der Waals surface area contributed by atoms with Crippen LogP contribution in [0.2, 0.25) is 0 Å². The van der Waals surface area contributed by atoms with Gasteiger partial charge in [0.2, 0.25) is 11.8 Å². The van der Waals surface area contributed by atoms with Gasteiger partial charge in [-0.05, 0) is 55.5 Å². The van der Waals surface area contributed by atoms with Crippen LogP contribution in [0.25, 0.3) is 0 Å². The van der Waals surface area contributed by atoms with E-state index in [0.717, 1.165) is 13.8 Å². The van der Waals surface area contributed by atoms with Gasteiger partial charge in [-0.1, -0.05) is 11.8 Å². The number of benzene rings is 2. The van der Waals surface area contributed by atoms with E-state index in [-0.39, 0.29) is 11.5 Å². The zero-order chi connectivity index (χ0) is 26.2. The molecule has 9 nitrogen and oxygen atoms in total. The molecular formula is C24H24F2N4O5. The van der Waals surface area contributed by atoms with E-state index in [2.05, 4.69) is 22.5 Å². The number of carbonyl (C=O) groups excluding carboxylic acids is 4. The summed E-state index contributed by atoms with van der Waals surface area (Å²) >= 11 is 0. The Bertz CT molecular complexity index is 1160. The number of halogens is 2. The maximum absolute atomic E-state index is 13.7. The number of hydroxylamine groups is 1. The molecule has 2 atom stereocenters.